The van der Waals surface area contributed by atoms with Crippen LogP contribution < -0.4 is 48.3 Å². The number of rotatable bonds is 29. The standard InChI is InChI=1S/C46H72N10O15S/c1-22(2)18-30(52-39(63)29(15-17-72-8)50-43(67)34-10-9-16-56(34)45(69)33(21-57)54-37(61)24(5)47)42(66)55-36(23(3)4)44(68)48-25(6)38(62)51-31(19-27-11-13-28(58)14-12-27)41(65)53-32(20-35(59)60)40(64)49-26(7)46(70)71/h11-14,22-26,29-34,36,57-58H,9-10,15-21,47H2,1-8H3,(H,48,68)(H,49,64)(H,50,67)(H,51,62)(H,52,63)(H,53,65)(H,54,61)(H,55,66)(H,59,60)(H,70,71)/t24-,25+,26-,29+,30+,31+,32+,33+,34+,36+/m1/s1. The van der Waals surface area contributed by atoms with Gasteiger partial charge in [-0.05, 0) is 88.0 Å². The molecule has 0 bridgehead atoms. The number of amides is 9. The van der Waals surface area contributed by atoms with Gasteiger partial charge < -0.3 is 73.6 Å². The normalized spacial score (nSPS) is 17.1. The van der Waals surface area contributed by atoms with Crippen molar-refractivity contribution < 1.29 is 73.2 Å². The molecule has 2 rings (SSSR count). The first-order chi connectivity index (χ1) is 33.7. The fraction of sp³-hybridized carbons (Fsp3) is 0.630. The molecule has 0 aliphatic carbocycles. The molecular formula is C46H72N10O15S. The van der Waals surface area contributed by atoms with E-state index in [4.69, 9.17) is 5.73 Å². The molecule has 1 aliphatic heterocycles. The summed E-state index contributed by atoms with van der Waals surface area (Å²) in [5.41, 5.74) is 6.01. The number of nitrogens with one attached hydrogen (secondary N) is 8. The summed E-state index contributed by atoms with van der Waals surface area (Å²) in [4.78, 5) is 146. The van der Waals surface area contributed by atoms with Crippen LogP contribution in [0.15, 0.2) is 24.3 Å². The van der Waals surface area contributed by atoms with Crippen LogP contribution in [0.1, 0.15) is 86.1 Å². The smallest absolute Gasteiger partial charge is 0.325 e. The molecule has 1 saturated heterocycles. The van der Waals surface area contributed by atoms with Gasteiger partial charge in [0, 0.05) is 13.0 Å². The quantitative estimate of drug-likeness (QED) is 0.0385. The van der Waals surface area contributed by atoms with Crippen molar-refractivity contribution in [3.05, 3.63) is 29.8 Å². The van der Waals surface area contributed by atoms with E-state index in [9.17, 15) is 73.2 Å². The number of likely N-dealkylation sites (tertiary alicyclic amines) is 1. The zero-order valence-electron chi connectivity index (χ0n) is 41.8. The van der Waals surface area contributed by atoms with Crippen molar-refractivity contribution in [1.82, 2.24) is 47.4 Å². The number of phenolic OH excluding ortho intramolecular Hbond substituents is 1. The van der Waals surface area contributed by atoms with Gasteiger partial charge in [-0.2, -0.15) is 11.8 Å². The third kappa shape index (κ3) is 19.9. The summed E-state index contributed by atoms with van der Waals surface area (Å²) in [6.45, 7) is 10.0. The van der Waals surface area contributed by atoms with E-state index in [1.807, 2.05) is 0 Å². The van der Waals surface area contributed by atoms with Gasteiger partial charge in [0.15, 0.2) is 0 Å². The van der Waals surface area contributed by atoms with E-state index in [1.165, 1.54) is 54.8 Å². The van der Waals surface area contributed by atoms with Crippen LogP contribution in [0.25, 0.3) is 0 Å². The van der Waals surface area contributed by atoms with E-state index < -0.39 is 144 Å². The van der Waals surface area contributed by atoms with Crippen LogP contribution in [0, 0.1) is 11.8 Å². The Labute approximate surface area is 422 Å². The zero-order valence-corrected chi connectivity index (χ0v) is 42.6. The summed E-state index contributed by atoms with van der Waals surface area (Å²) < 4.78 is 0. The third-order valence-electron chi connectivity index (χ3n) is 11.4. The van der Waals surface area contributed by atoms with E-state index in [0.717, 1.165) is 6.92 Å². The maximum atomic E-state index is 14.0. The van der Waals surface area contributed by atoms with Gasteiger partial charge in [-0.3, -0.25) is 52.7 Å². The molecule has 0 radical (unpaired) electrons. The SMILES string of the molecule is CSCC[C@H](NC(=O)[C@@H]1CCCN1C(=O)[C@H](CO)NC(=O)[C@@H](C)N)C(=O)N[C@@H](CC(C)C)C(=O)N[C@H](C(=O)N[C@@H](C)C(=O)N[C@@H](Cc1ccc(O)cc1)C(=O)N[C@@H](CC(=O)O)C(=O)N[C@H](C)C(=O)O)C(C)C. The van der Waals surface area contributed by atoms with Crippen molar-refractivity contribution in [2.24, 2.45) is 17.6 Å². The second kappa shape index (κ2) is 29.7. The second-order valence-electron chi connectivity index (χ2n) is 18.4. The van der Waals surface area contributed by atoms with Crippen molar-refractivity contribution in [2.45, 2.75) is 147 Å². The number of hydrogen-bond donors (Lipinski definition) is 13. The topological polar surface area (TPSA) is 394 Å². The summed E-state index contributed by atoms with van der Waals surface area (Å²) in [6, 6.07) is -7.72. The molecule has 25 nitrogen and oxygen atoms in total. The van der Waals surface area contributed by atoms with Gasteiger partial charge in [0.2, 0.25) is 53.2 Å². The molecule has 0 saturated carbocycles. The number of aliphatic hydroxyl groups is 1. The average molecular weight is 1040 g/mol. The van der Waals surface area contributed by atoms with Crippen molar-refractivity contribution in [3.8, 4) is 5.75 Å². The molecule has 72 heavy (non-hydrogen) atoms. The van der Waals surface area contributed by atoms with Crippen molar-refractivity contribution in [3.63, 3.8) is 0 Å². The Kier molecular flexibility index (Phi) is 25.4. The van der Waals surface area contributed by atoms with E-state index in [1.54, 1.807) is 34.0 Å². The molecule has 9 amide bonds. The molecule has 1 aromatic carbocycles. The lowest BCUT2D eigenvalue weighted by Crippen LogP contribution is -2.61. The lowest BCUT2D eigenvalue weighted by atomic mass is 9.99. The first-order valence-corrected chi connectivity index (χ1v) is 24.9. The van der Waals surface area contributed by atoms with Crippen LogP contribution in [-0.4, -0.2) is 176 Å². The van der Waals surface area contributed by atoms with Gasteiger partial charge in [-0.25, -0.2) is 0 Å². The van der Waals surface area contributed by atoms with Crippen LogP contribution in [-0.2, 0) is 59.2 Å². The molecule has 0 unspecified atom stereocenters. The number of aliphatic carboxylic acids is 2. The van der Waals surface area contributed by atoms with E-state index >= 15 is 0 Å². The number of carboxylic acid groups (broad SMARTS) is 2. The number of hydrogen-bond acceptors (Lipinski definition) is 15. The molecule has 26 heteroatoms. The fourth-order valence-electron chi connectivity index (χ4n) is 7.30. The van der Waals surface area contributed by atoms with E-state index in [2.05, 4.69) is 42.5 Å². The number of carbonyl (C=O) groups excluding carboxylic acids is 9. The summed E-state index contributed by atoms with van der Waals surface area (Å²) in [6.07, 6.45) is 1.44. The van der Waals surface area contributed by atoms with Gasteiger partial charge in [0.05, 0.1) is 19.1 Å². The minimum absolute atomic E-state index is 0.0879. The van der Waals surface area contributed by atoms with Crippen LogP contribution in [0.3, 0.4) is 0 Å². The third-order valence-corrected chi connectivity index (χ3v) is 12.0. The highest BCUT2D eigenvalue weighted by Gasteiger charge is 2.40. The number of aliphatic hydroxyl groups excluding tert-OH is 1. The molecule has 1 aliphatic rings. The number of carbonyl (C=O) groups is 11. The maximum absolute atomic E-state index is 14.0. The van der Waals surface area contributed by atoms with Crippen molar-refractivity contribution in [1.29, 1.82) is 0 Å². The lowest BCUT2D eigenvalue weighted by molar-refractivity contribution is -0.143. The predicted octanol–water partition coefficient (Wildman–Crippen LogP) is -2.80. The Balaban J connectivity index is 2.29. The maximum Gasteiger partial charge on any atom is 0.325 e. The first-order valence-electron chi connectivity index (χ1n) is 23.5. The second-order valence-corrected chi connectivity index (χ2v) is 19.4. The molecule has 0 spiro atoms. The van der Waals surface area contributed by atoms with Gasteiger partial charge in [0.25, 0.3) is 0 Å². The van der Waals surface area contributed by atoms with E-state index in [-0.39, 0.29) is 43.9 Å². The number of benzene rings is 1. The van der Waals surface area contributed by atoms with Gasteiger partial charge >= 0.3 is 11.9 Å². The number of aromatic hydroxyl groups is 1. The minimum atomic E-state index is -1.78. The predicted molar refractivity (Wildman–Crippen MR) is 261 cm³/mol. The van der Waals surface area contributed by atoms with Crippen molar-refractivity contribution >= 4 is 76.9 Å². The van der Waals surface area contributed by atoms with Gasteiger partial charge in [-0.1, -0.05) is 39.8 Å². The highest BCUT2D eigenvalue weighted by atomic mass is 32.2. The Bertz CT molecular complexity index is 2090. The summed E-state index contributed by atoms with van der Waals surface area (Å²) in [5.74, 6) is -10.9. The van der Waals surface area contributed by atoms with Crippen LogP contribution in [0.4, 0.5) is 0 Å². The van der Waals surface area contributed by atoms with Crippen LogP contribution >= 0.6 is 11.8 Å². The van der Waals surface area contributed by atoms with E-state index in [0.29, 0.717) is 17.7 Å². The number of phenols is 1. The van der Waals surface area contributed by atoms with Gasteiger partial charge in [-0.15, -0.1) is 0 Å². The molecule has 1 fully saturated rings. The number of thioether (sulfide) groups is 1. The zero-order chi connectivity index (χ0) is 54.6. The summed E-state index contributed by atoms with van der Waals surface area (Å²) in [7, 11) is 0. The molecule has 1 aromatic rings. The average Bonchev–Trinajstić information content (AvgIpc) is 3.80. The monoisotopic (exact) mass is 1040 g/mol. The number of nitrogens with two attached hydrogens (primary N) is 1. The minimum Gasteiger partial charge on any atom is -0.508 e. The largest absolute Gasteiger partial charge is 0.508 e. The number of carboxylic acids is 2. The number of nitrogens with zero attached hydrogens (tertiary/aromatic N) is 1. The van der Waals surface area contributed by atoms with Crippen molar-refractivity contribution in [2.75, 3.05) is 25.2 Å². The molecule has 402 valence electrons. The fourth-order valence-corrected chi connectivity index (χ4v) is 7.77. The lowest BCUT2D eigenvalue weighted by Gasteiger charge is -2.30. The Morgan fingerprint density at radius 2 is 1.21 bits per heavy atom. The molecule has 1 heterocycles. The Morgan fingerprint density at radius 1 is 0.667 bits per heavy atom. The molecule has 10 atom stereocenters. The molecule has 14 N–H and O–H groups in total. The molecular weight excluding hydrogens is 965 g/mol. The first kappa shape index (κ1) is 61.6. The van der Waals surface area contributed by atoms with Crippen LogP contribution in [0.5, 0.6) is 5.75 Å². The Morgan fingerprint density at radius 3 is 1.75 bits per heavy atom. The highest BCUT2D eigenvalue weighted by molar-refractivity contribution is 7.98. The summed E-state index contributed by atoms with van der Waals surface area (Å²) >= 11 is 1.39. The van der Waals surface area contributed by atoms with Crippen LogP contribution in [0.2, 0.25) is 0 Å². The summed E-state index contributed by atoms with van der Waals surface area (Å²) in [5, 5.41) is 58.1. The highest BCUT2D eigenvalue weighted by Crippen LogP contribution is 2.20. The molecule has 0 aromatic heterocycles. The Hall–Kier alpha value is -6.54. The van der Waals surface area contributed by atoms with Gasteiger partial charge in [0.1, 0.15) is 60.1 Å².